The number of benzene rings is 1. The quantitative estimate of drug-likeness (QED) is 0.215. The lowest BCUT2D eigenvalue weighted by Crippen LogP contribution is -2.24. The van der Waals surface area contributed by atoms with Crippen LogP contribution in [-0.4, -0.2) is 15.9 Å². The molecular formula is C15H15N3O4S. The standard InChI is InChI=1S/C15H15N3O4S/c1-2-9-7-11(5-6-13(9)18(21)22)17(23)15(20)12(8-16)14(19)10-3-4-10/h5-7,10,19,23H,2-4H2,1H3. The van der Waals surface area contributed by atoms with E-state index in [1.165, 1.54) is 18.2 Å². The van der Waals surface area contributed by atoms with Crippen molar-refractivity contribution in [3.05, 3.63) is 45.2 Å². The van der Waals surface area contributed by atoms with E-state index in [2.05, 4.69) is 12.8 Å². The average Bonchev–Trinajstić information content (AvgIpc) is 3.38. The number of carbonyl (C=O) groups is 1. The highest BCUT2D eigenvalue weighted by Crippen LogP contribution is 2.37. The van der Waals surface area contributed by atoms with Crippen molar-refractivity contribution in [2.45, 2.75) is 26.2 Å². The van der Waals surface area contributed by atoms with E-state index in [-0.39, 0.29) is 22.9 Å². The molecule has 1 aliphatic rings. The van der Waals surface area contributed by atoms with Crippen molar-refractivity contribution in [2.75, 3.05) is 4.31 Å². The van der Waals surface area contributed by atoms with Crippen LogP contribution in [0.1, 0.15) is 25.3 Å². The summed E-state index contributed by atoms with van der Waals surface area (Å²) in [4.78, 5) is 22.8. The summed E-state index contributed by atoms with van der Waals surface area (Å²) in [6.07, 6.45) is 1.90. The molecule has 8 heteroatoms. The minimum Gasteiger partial charge on any atom is -0.510 e. The number of aliphatic hydroxyl groups excluding tert-OH is 1. The summed E-state index contributed by atoms with van der Waals surface area (Å²) in [7, 11) is 0. The van der Waals surface area contributed by atoms with Gasteiger partial charge in [-0.25, -0.2) is 0 Å². The van der Waals surface area contributed by atoms with Crippen LogP contribution in [0, 0.1) is 27.4 Å². The maximum absolute atomic E-state index is 12.3. The van der Waals surface area contributed by atoms with Crippen LogP contribution < -0.4 is 4.31 Å². The molecule has 0 radical (unpaired) electrons. The third kappa shape index (κ3) is 3.46. The van der Waals surface area contributed by atoms with Crippen LogP contribution in [0.15, 0.2) is 29.5 Å². The van der Waals surface area contributed by atoms with Crippen molar-refractivity contribution < 1.29 is 14.8 Å². The highest BCUT2D eigenvalue weighted by Gasteiger charge is 2.32. The number of aryl methyl sites for hydroxylation is 1. The number of allylic oxidation sites excluding steroid dienone is 1. The van der Waals surface area contributed by atoms with Gasteiger partial charge in [0.15, 0.2) is 5.57 Å². The minimum absolute atomic E-state index is 0.0395. The predicted molar refractivity (Wildman–Crippen MR) is 86.9 cm³/mol. The van der Waals surface area contributed by atoms with Gasteiger partial charge >= 0.3 is 0 Å². The van der Waals surface area contributed by atoms with E-state index in [9.17, 15) is 20.0 Å². The molecule has 1 aromatic rings. The van der Waals surface area contributed by atoms with Gasteiger partial charge in [-0.15, -0.1) is 0 Å². The number of thiol groups is 1. The Morgan fingerprint density at radius 1 is 1.57 bits per heavy atom. The lowest BCUT2D eigenvalue weighted by molar-refractivity contribution is -0.385. The first-order valence-corrected chi connectivity index (χ1v) is 7.44. The fourth-order valence-corrected chi connectivity index (χ4v) is 2.39. The van der Waals surface area contributed by atoms with E-state index in [0.717, 1.165) is 17.1 Å². The van der Waals surface area contributed by atoms with Crippen molar-refractivity contribution in [2.24, 2.45) is 5.92 Å². The average molecular weight is 333 g/mol. The Hall–Kier alpha value is -2.53. The summed E-state index contributed by atoms with van der Waals surface area (Å²) in [6.45, 7) is 1.76. The molecule has 0 saturated heterocycles. The van der Waals surface area contributed by atoms with Gasteiger partial charge in [-0.1, -0.05) is 19.7 Å². The third-order valence-electron chi connectivity index (χ3n) is 3.62. The van der Waals surface area contributed by atoms with Gasteiger partial charge < -0.3 is 5.11 Å². The zero-order valence-electron chi connectivity index (χ0n) is 12.4. The zero-order valence-corrected chi connectivity index (χ0v) is 13.3. The molecular weight excluding hydrogens is 318 g/mol. The normalized spacial score (nSPS) is 14.7. The van der Waals surface area contributed by atoms with Crippen LogP contribution in [0.3, 0.4) is 0 Å². The van der Waals surface area contributed by atoms with E-state index in [1.807, 2.05) is 0 Å². The molecule has 1 amide bonds. The molecule has 0 heterocycles. The fraction of sp³-hybridized carbons (Fsp3) is 0.333. The maximum atomic E-state index is 12.3. The van der Waals surface area contributed by atoms with E-state index >= 15 is 0 Å². The number of nitrogens with zero attached hydrogens (tertiary/aromatic N) is 3. The van der Waals surface area contributed by atoms with Crippen LogP contribution >= 0.6 is 12.8 Å². The lowest BCUT2D eigenvalue weighted by Gasteiger charge is -2.16. The van der Waals surface area contributed by atoms with Gasteiger partial charge in [-0.05, 0) is 31.4 Å². The second-order valence-electron chi connectivity index (χ2n) is 5.19. The SMILES string of the molecule is CCc1cc(N(S)C(=O)C(C#N)=C(O)C2CC2)ccc1[N+](=O)[O-]. The summed E-state index contributed by atoms with van der Waals surface area (Å²) in [6, 6.07) is 5.86. The second-order valence-corrected chi connectivity index (χ2v) is 5.59. The van der Waals surface area contributed by atoms with Gasteiger partial charge in [0.2, 0.25) is 0 Å². The number of nitro benzene ring substituents is 1. The van der Waals surface area contributed by atoms with Gasteiger partial charge in [0, 0.05) is 17.5 Å². The molecule has 1 fully saturated rings. The molecule has 0 atom stereocenters. The molecule has 120 valence electrons. The number of carbonyl (C=O) groups excluding carboxylic acids is 1. The first-order chi connectivity index (χ1) is 10.9. The van der Waals surface area contributed by atoms with Crippen LogP contribution in [0.4, 0.5) is 11.4 Å². The monoisotopic (exact) mass is 333 g/mol. The van der Waals surface area contributed by atoms with Crippen LogP contribution in [-0.2, 0) is 11.2 Å². The number of nitro groups is 1. The van der Waals surface area contributed by atoms with Crippen molar-refractivity contribution in [3.8, 4) is 6.07 Å². The lowest BCUT2D eigenvalue weighted by atomic mass is 10.1. The maximum Gasteiger partial charge on any atom is 0.282 e. The molecule has 0 bridgehead atoms. The number of aliphatic hydroxyl groups is 1. The summed E-state index contributed by atoms with van der Waals surface area (Å²) in [5.41, 5.74) is 0.367. The smallest absolute Gasteiger partial charge is 0.282 e. The highest BCUT2D eigenvalue weighted by atomic mass is 32.1. The minimum atomic E-state index is -0.754. The Bertz CT molecular complexity index is 735. The molecule has 0 spiro atoms. The Balaban J connectivity index is 2.34. The van der Waals surface area contributed by atoms with Crippen molar-refractivity contribution >= 4 is 30.1 Å². The Labute approximate surface area is 138 Å². The summed E-state index contributed by atoms with van der Waals surface area (Å²) in [5.74, 6) is -1.11. The number of hydrogen-bond donors (Lipinski definition) is 2. The molecule has 1 N–H and O–H groups in total. The molecule has 0 aliphatic heterocycles. The van der Waals surface area contributed by atoms with E-state index < -0.39 is 10.8 Å². The van der Waals surface area contributed by atoms with Gasteiger partial charge in [-0.3, -0.25) is 19.2 Å². The molecule has 1 saturated carbocycles. The van der Waals surface area contributed by atoms with Gasteiger partial charge in [0.05, 0.1) is 10.6 Å². The Morgan fingerprint density at radius 3 is 2.70 bits per heavy atom. The summed E-state index contributed by atoms with van der Waals surface area (Å²) < 4.78 is 0.917. The number of hydrogen-bond acceptors (Lipinski definition) is 6. The van der Waals surface area contributed by atoms with Crippen molar-refractivity contribution in [1.82, 2.24) is 0 Å². The highest BCUT2D eigenvalue weighted by molar-refractivity contribution is 7.82. The van der Waals surface area contributed by atoms with Gasteiger partial charge in [0.1, 0.15) is 11.8 Å². The second kappa shape index (κ2) is 6.71. The van der Waals surface area contributed by atoms with E-state index in [4.69, 9.17) is 5.26 Å². The van der Waals surface area contributed by atoms with Gasteiger partial charge in [0.25, 0.3) is 11.6 Å². The van der Waals surface area contributed by atoms with E-state index in [0.29, 0.717) is 17.7 Å². The Kier molecular flexibility index (Phi) is 4.91. The predicted octanol–water partition coefficient (Wildman–Crippen LogP) is 3.08. The topological polar surface area (TPSA) is 107 Å². The first kappa shape index (κ1) is 16.8. The number of rotatable bonds is 5. The molecule has 23 heavy (non-hydrogen) atoms. The number of nitriles is 1. The van der Waals surface area contributed by atoms with E-state index in [1.54, 1.807) is 13.0 Å². The molecule has 0 unspecified atom stereocenters. The fourth-order valence-electron chi connectivity index (χ4n) is 2.16. The van der Waals surface area contributed by atoms with Crippen molar-refractivity contribution in [1.29, 1.82) is 5.26 Å². The third-order valence-corrected chi connectivity index (χ3v) is 4.04. The van der Waals surface area contributed by atoms with Crippen molar-refractivity contribution in [3.63, 3.8) is 0 Å². The van der Waals surface area contributed by atoms with Crippen LogP contribution in [0.5, 0.6) is 0 Å². The molecule has 2 rings (SSSR count). The molecule has 1 aliphatic carbocycles. The van der Waals surface area contributed by atoms with Crippen LogP contribution in [0.25, 0.3) is 0 Å². The molecule has 7 nitrogen and oxygen atoms in total. The zero-order chi connectivity index (χ0) is 17.1. The Morgan fingerprint density at radius 2 is 2.22 bits per heavy atom. The van der Waals surface area contributed by atoms with Gasteiger partial charge in [-0.2, -0.15) is 5.26 Å². The summed E-state index contributed by atoms with van der Waals surface area (Å²) in [5, 5.41) is 30.0. The molecule has 1 aromatic carbocycles. The summed E-state index contributed by atoms with van der Waals surface area (Å²) >= 11 is 4.08. The number of anilines is 1. The molecule has 0 aromatic heterocycles. The van der Waals surface area contributed by atoms with Crippen LogP contribution in [0.2, 0.25) is 0 Å². The first-order valence-electron chi connectivity index (χ1n) is 7.04. The number of amides is 1. The largest absolute Gasteiger partial charge is 0.510 e.